The maximum absolute atomic E-state index is 12.9. The molecule has 2 heterocycles. The van der Waals surface area contributed by atoms with Crippen LogP contribution in [-0.4, -0.2) is 42.6 Å². The number of hydrogen-bond acceptors (Lipinski definition) is 5. The van der Waals surface area contributed by atoms with Crippen LogP contribution in [0, 0.1) is 6.92 Å². The maximum Gasteiger partial charge on any atom is 0.265 e. The highest BCUT2D eigenvalue weighted by molar-refractivity contribution is 7.13. The summed E-state index contributed by atoms with van der Waals surface area (Å²) in [4.78, 5) is 19.9. The lowest BCUT2D eigenvalue weighted by Crippen LogP contribution is -2.43. The largest absolute Gasteiger partial charge is 0.493 e. The Morgan fingerprint density at radius 1 is 1.27 bits per heavy atom. The number of nitrogens with zero attached hydrogens (tertiary/aromatic N) is 2. The number of aromatic nitrogens is 1. The third kappa shape index (κ3) is 4.18. The molecule has 0 saturated carbocycles. The number of rotatable bonds is 6. The summed E-state index contributed by atoms with van der Waals surface area (Å²) in [6.07, 6.45) is 6.91. The zero-order valence-electron chi connectivity index (χ0n) is 15.7. The second-order valence-electron chi connectivity index (χ2n) is 6.62. The molecule has 1 aliphatic heterocycles. The Balaban J connectivity index is 1.68. The SMILES string of the molecule is COc1ccc(CCC2CCCCN2C(=O)c2cnc(C)s2)cc1OC. The summed E-state index contributed by atoms with van der Waals surface area (Å²) in [6.45, 7) is 2.78. The van der Waals surface area contributed by atoms with E-state index in [1.165, 1.54) is 23.3 Å². The number of thiazole rings is 1. The van der Waals surface area contributed by atoms with Gasteiger partial charge in [0.05, 0.1) is 25.4 Å². The van der Waals surface area contributed by atoms with Gasteiger partial charge in [0.25, 0.3) is 5.91 Å². The first kappa shape index (κ1) is 18.7. The van der Waals surface area contributed by atoms with Crippen molar-refractivity contribution < 1.29 is 14.3 Å². The second kappa shape index (κ2) is 8.54. The first-order valence-electron chi connectivity index (χ1n) is 9.06. The summed E-state index contributed by atoms with van der Waals surface area (Å²) in [7, 11) is 3.30. The van der Waals surface area contributed by atoms with Crippen LogP contribution in [0.5, 0.6) is 11.5 Å². The number of carbonyl (C=O) groups is 1. The Morgan fingerprint density at radius 2 is 2.08 bits per heavy atom. The van der Waals surface area contributed by atoms with E-state index in [0.717, 1.165) is 53.6 Å². The van der Waals surface area contributed by atoms with Crippen molar-refractivity contribution in [1.29, 1.82) is 0 Å². The highest BCUT2D eigenvalue weighted by Crippen LogP contribution is 2.29. The van der Waals surface area contributed by atoms with Crippen LogP contribution in [0.4, 0.5) is 0 Å². The van der Waals surface area contributed by atoms with E-state index in [4.69, 9.17) is 9.47 Å². The van der Waals surface area contributed by atoms with Gasteiger partial charge in [-0.15, -0.1) is 11.3 Å². The standard InChI is InChI=1S/C20H26N2O3S/c1-14-21-13-19(26-14)20(23)22-11-5-4-6-16(22)9-7-15-8-10-17(24-2)18(12-15)25-3/h8,10,12-13,16H,4-7,9,11H2,1-3H3. The molecule has 0 aliphatic carbocycles. The number of hydrogen-bond donors (Lipinski definition) is 0. The average molecular weight is 375 g/mol. The lowest BCUT2D eigenvalue weighted by molar-refractivity contribution is 0.0606. The Morgan fingerprint density at radius 3 is 2.77 bits per heavy atom. The van der Waals surface area contributed by atoms with Crippen molar-refractivity contribution in [3.8, 4) is 11.5 Å². The van der Waals surface area contributed by atoms with Gasteiger partial charge in [-0.25, -0.2) is 4.98 Å². The van der Waals surface area contributed by atoms with Crippen molar-refractivity contribution in [2.75, 3.05) is 20.8 Å². The monoisotopic (exact) mass is 374 g/mol. The van der Waals surface area contributed by atoms with Crippen molar-refractivity contribution in [3.63, 3.8) is 0 Å². The molecule has 1 amide bonds. The zero-order chi connectivity index (χ0) is 18.5. The van der Waals surface area contributed by atoms with Gasteiger partial charge in [0.1, 0.15) is 4.88 Å². The van der Waals surface area contributed by atoms with Crippen molar-refractivity contribution in [2.45, 2.75) is 45.1 Å². The fourth-order valence-corrected chi connectivity index (χ4v) is 4.27. The van der Waals surface area contributed by atoms with E-state index in [9.17, 15) is 4.79 Å². The fraction of sp³-hybridized carbons (Fsp3) is 0.500. The van der Waals surface area contributed by atoms with Gasteiger partial charge in [0.2, 0.25) is 0 Å². The lowest BCUT2D eigenvalue weighted by atomic mass is 9.95. The van der Waals surface area contributed by atoms with E-state index in [2.05, 4.69) is 16.0 Å². The molecule has 3 rings (SSSR count). The Hall–Kier alpha value is -2.08. The van der Waals surface area contributed by atoms with E-state index in [1.54, 1.807) is 20.4 Å². The van der Waals surface area contributed by atoms with Crippen LogP contribution in [0.15, 0.2) is 24.4 Å². The molecule has 140 valence electrons. The van der Waals surface area contributed by atoms with E-state index >= 15 is 0 Å². The molecule has 1 atom stereocenters. The van der Waals surface area contributed by atoms with Crippen LogP contribution in [0.25, 0.3) is 0 Å². The minimum Gasteiger partial charge on any atom is -0.493 e. The molecule has 1 aromatic heterocycles. The molecular weight excluding hydrogens is 348 g/mol. The van der Waals surface area contributed by atoms with E-state index in [-0.39, 0.29) is 11.9 Å². The Labute approximate surface area is 159 Å². The molecule has 5 nitrogen and oxygen atoms in total. The van der Waals surface area contributed by atoms with Crippen LogP contribution >= 0.6 is 11.3 Å². The Bertz CT molecular complexity index is 759. The minimum atomic E-state index is 0.132. The van der Waals surface area contributed by atoms with Gasteiger partial charge in [0.15, 0.2) is 11.5 Å². The van der Waals surface area contributed by atoms with E-state index < -0.39 is 0 Å². The number of piperidine rings is 1. The van der Waals surface area contributed by atoms with E-state index in [0.29, 0.717) is 0 Å². The second-order valence-corrected chi connectivity index (χ2v) is 7.85. The first-order valence-corrected chi connectivity index (χ1v) is 9.88. The van der Waals surface area contributed by atoms with Crippen molar-refractivity contribution >= 4 is 17.2 Å². The summed E-state index contributed by atoms with van der Waals surface area (Å²) in [5, 5.41) is 0.937. The number of benzene rings is 1. The van der Waals surface area contributed by atoms with Crippen LogP contribution < -0.4 is 9.47 Å². The molecule has 1 unspecified atom stereocenters. The molecule has 0 bridgehead atoms. The van der Waals surface area contributed by atoms with Crippen molar-refractivity contribution in [2.24, 2.45) is 0 Å². The number of aryl methyl sites for hydroxylation is 2. The van der Waals surface area contributed by atoms with Gasteiger partial charge in [-0.1, -0.05) is 6.07 Å². The van der Waals surface area contributed by atoms with Crippen LogP contribution in [-0.2, 0) is 6.42 Å². The van der Waals surface area contributed by atoms with Gasteiger partial charge in [-0.2, -0.15) is 0 Å². The van der Waals surface area contributed by atoms with Crippen LogP contribution in [0.2, 0.25) is 0 Å². The lowest BCUT2D eigenvalue weighted by Gasteiger charge is -2.35. The first-order chi connectivity index (χ1) is 12.6. The number of methoxy groups -OCH3 is 2. The van der Waals surface area contributed by atoms with Gasteiger partial charge in [-0.3, -0.25) is 4.79 Å². The third-order valence-electron chi connectivity index (χ3n) is 4.93. The smallest absolute Gasteiger partial charge is 0.265 e. The number of likely N-dealkylation sites (tertiary alicyclic amines) is 1. The maximum atomic E-state index is 12.9. The molecular formula is C20H26N2O3S. The molecule has 1 aromatic carbocycles. The zero-order valence-corrected chi connectivity index (χ0v) is 16.5. The number of carbonyl (C=O) groups excluding carboxylic acids is 1. The predicted octanol–water partition coefficient (Wildman–Crippen LogP) is 4.10. The number of amides is 1. The third-order valence-corrected chi connectivity index (χ3v) is 5.84. The quantitative estimate of drug-likeness (QED) is 0.764. The average Bonchev–Trinajstić information content (AvgIpc) is 3.12. The van der Waals surface area contributed by atoms with Crippen LogP contribution in [0.3, 0.4) is 0 Å². The van der Waals surface area contributed by atoms with Gasteiger partial charge in [-0.05, 0) is 56.7 Å². The molecule has 26 heavy (non-hydrogen) atoms. The highest BCUT2D eigenvalue weighted by Gasteiger charge is 2.28. The molecule has 0 radical (unpaired) electrons. The minimum absolute atomic E-state index is 0.132. The summed E-state index contributed by atoms with van der Waals surface area (Å²) in [6, 6.07) is 6.33. The summed E-state index contributed by atoms with van der Waals surface area (Å²) < 4.78 is 10.7. The van der Waals surface area contributed by atoms with Crippen LogP contribution in [0.1, 0.15) is 45.9 Å². The topological polar surface area (TPSA) is 51.7 Å². The van der Waals surface area contributed by atoms with Gasteiger partial charge in [0, 0.05) is 12.6 Å². The normalized spacial score (nSPS) is 17.2. The fourth-order valence-electron chi connectivity index (χ4n) is 3.54. The highest BCUT2D eigenvalue weighted by atomic mass is 32.1. The Kier molecular flexibility index (Phi) is 6.14. The molecule has 2 aromatic rings. The molecule has 1 saturated heterocycles. The summed E-state index contributed by atoms with van der Waals surface area (Å²) in [5.41, 5.74) is 1.20. The van der Waals surface area contributed by atoms with Gasteiger partial charge < -0.3 is 14.4 Å². The van der Waals surface area contributed by atoms with E-state index in [1.807, 2.05) is 19.1 Å². The molecule has 0 N–H and O–H groups in total. The predicted molar refractivity (Wildman–Crippen MR) is 103 cm³/mol. The van der Waals surface area contributed by atoms with Gasteiger partial charge >= 0.3 is 0 Å². The van der Waals surface area contributed by atoms with Crippen molar-refractivity contribution in [1.82, 2.24) is 9.88 Å². The van der Waals surface area contributed by atoms with Crippen molar-refractivity contribution in [3.05, 3.63) is 39.8 Å². The number of ether oxygens (including phenoxy) is 2. The summed E-state index contributed by atoms with van der Waals surface area (Å²) >= 11 is 1.48. The molecule has 1 fully saturated rings. The molecule has 6 heteroatoms. The molecule has 0 spiro atoms. The summed E-state index contributed by atoms with van der Waals surface area (Å²) in [5.74, 6) is 1.63. The molecule has 1 aliphatic rings.